The highest BCUT2D eigenvalue weighted by Crippen LogP contribution is 2.28. The highest BCUT2D eigenvalue weighted by molar-refractivity contribution is 5.81. The van der Waals surface area contributed by atoms with Gasteiger partial charge in [-0.05, 0) is 64.5 Å². The predicted molar refractivity (Wildman–Crippen MR) is 113 cm³/mol. The van der Waals surface area contributed by atoms with Crippen molar-refractivity contribution in [1.82, 2.24) is 5.32 Å². The van der Waals surface area contributed by atoms with Gasteiger partial charge < -0.3 is 23.9 Å². The van der Waals surface area contributed by atoms with Crippen molar-refractivity contribution < 1.29 is 28.2 Å². The summed E-state index contributed by atoms with van der Waals surface area (Å²) in [7, 11) is 0. The van der Waals surface area contributed by atoms with Crippen molar-refractivity contribution in [3.63, 3.8) is 0 Å². The van der Waals surface area contributed by atoms with Crippen molar-refractivity contribution in [2.45, 2.75) is 91.1 Å². The lowest BCUT2D eigenvalue weighted by atomic mass is 9.88. The van der Waals surface area contributed by atoms with Gasteiger partial charge in [-0.2, -0.15) is 0 Å². The maximum absolute atomic E-state index is 12.8. The van der Waals surface area contributed by atoms with E-state index in [4.69, 9.17) is 18.6 Å². The van der Waals surface area contributed by atoms with Crippen molar-refractivity contribution in [3.05, 3.63) is 24.2 Å². The van der Waals surface area contributed by atoms with Crippen molar-refractivity contribution in [2.24, 2.45) is 11.8 Å². The van der Waals surface area contributed by atoms with E-state index in [-0.39, 0.29) is 12.0 Å². The molecule has 1 saturated heterocycles. The smallest absolute Gasteiger partial charge is 0.408 e. The lowest BCUT2D eigenvalue weighted by molar-refractivity contribution is -0.161. The summed E-state index contributed by atoms with van der Waals surface area (Å²) >= 11 is 0. The largest absolute Gasteiger partial charge is 0.469 e. The van der Waals surface area contributed by atoms with Gasteiger partial charge in [-0.15, -0.1) is 0 Å². The van der Waals surface area contributed by atoms with Crippen molar-refractivity contribution in [3.8, 4) is 0 Å². The van der Waals surface area contributed by atoms with Crippen molar-refractivity contribution >= 4 is 12.1 Å². The molecule has 0 spiro atoms. The number of alkyl carbamates (subject to hydrolysis) is 1. The number of furan rings is 1. The van der Waals surface area contributed by atoms with Crippen LogP contribution in [0.25, 0.3) is 0 Å². The van der Waals surface area contributed by atoms with E-state index >= 15 is 0 Å². The maximum atomic E-state index is 12.8. The van der Waals surface area contributed by atoms with E-state index in [1.165, 1.54) is 0 Å². The molecule has 2 rings (SSSR count). The Kier molecular flexibility index (Phi) is 8.77. The molecule has 1 fully saturated rings. The van der Waals surface area contributed by atoms with Crippen LogP contribution in [0.2, 0.25) is 0 Å². The molecule has 7 heteroatoms. The summed E-state index contributed by atoms with van der Waals surface area (Å²) in [6.07, 6.45) is 3.12. The monoisotopic (exact) mass is 423 g/mol. The van der Waals surface area contributed by atoms with E-state index in [9.17, 15) is 9.59 Å². The number of ether oxygens (including phenoxy) is 3. The standard InChI is InChI=1S/C23H37NO6/c1-15(2)14-28-20-16(3)29-21(25)19(24-22(26)30-23(4,5)6)11-7-9-17(20)13-18-10-8-12-27-18/h8,10,12,15-17,19-20H,7,9,11,13-14H2,1-6H3,(H,24,26)/t16-,17+,19-,20-/m0/s1. The number of amides is 1. The zero-order valence-electron chi connectivity index (χ0n) is 19.1. The Bertz CT molecular complexity index is 664. The van der Waals surface area contributed by atoms with Gasteiger partial charge in [0.2, 0.25) is 0 Å². The highest BCUT2D eigenvalue weighted by Gasteiger charge is 2.36. The fourth-order valence-corrected chi connectivity index (χ4v) is 3.64. The number of cyclic esters (lactones) is 1. The Morgan fingerprint density at radius 2 is 2.03 bits per heavy atom. The van der Waals surface area contributed by atoms with Gasteiger partial charge in [0.1, 0.15) is 23.5 Å². The average Bonchev–Trinajstić information content (AvgIpc) is 3.12. The van der Waals surface area contributed by atoms with E-state index in [0.717, 1.165) is 18.6 Å². The fourth-order valence-electron chi connectivity index (χ4n) is 3.64. The zero-order valence-corrected chi connectivity index (χ0v) is 19.1. The molecule has 0 radical (unpaired) electrons. The van der Waals surface area contributed by atoms with Crippen LogP contribution in [0.1, 0.15) is 66.6 Å². The molecule has 7 nitrogen and oxygen atoms in total. The third kappa shape index (κ3) is 8.01. The Balaban J connectivity index is 2.13. The molecule has 1 aliphatic rings. The molecule has 170 valence electrons. The summed E-state index contributed by atoms with van der Waals surface area (Å²) in [5.74, 6) is 0.939. The third-order valence-electron chi connectivity index (χ3n) is 4.94. The van der Waals surface area contributed by atoms with Crippen LogP contribution in [-0.2, 0) is 25.4 Å². The number of nitrogens with one attached hydrogen (secondary N) is 1. The summed E-state index contributed by atoms with van der Waals surface area (Å²) in [6.45, 7) is 12.0. The summed E-state index contributed by atoms with van der Waals surface area (Å²) in [5.41, 5.74) is -0.635. The van der Waals surface area contributed by atoms with Gasteiger partial charge >= 0.3 is 12.1 Å². The Morgan fingerprint density at radius 1 is 1.30 bits per heavy atom. The van der Waals surface area contributed by atoms with Crippen LogP contribution in [0, 0.1) is 11.8 Å². The fraction of sp³-hybridized carbons (Fsp3) is 0.739. The second-order valence-corrected chi connectivity index (χ2v) is 9.51. The van der Waals surface area contributed by atoms with Gasteiger partial charge in [-0.1, -0.05) is 20.3 Å². The van der Waals surface area contributed by atoms with E-state index < -0.39 is 29.8 Å². The number of carbonyl (C=O) groups excluding carboxylic acids is 2. The molecular weight excluding hydrogens is 386 g/mol. The van der Waals surface area contributed by atoms with Gasteiger partial charge in [-0.25, -0.2) is 9.59 Å². The van der Waals surface area contributed by atoms with E-state index in [1.807, 2.05) is 19.1 Å². The second-order valence-electron chi connectivity index (χ2n) is 9.51. The van der Waals surface area contributed by atoms with Crippen molar-refractivity contribution in [1.29, 1.82) is 0 Å². The van der Waals surface area contributed by atoms with Crippen LogP contribution in [0.4, 0.5) is 4.79 Å². The van der Waals surface area contributed by atoms with E-state index in [2.05, 4.69) is 19.2 Å². The minimum atomic E-state index is -0.740. The van der Waals surface area contributed by atoms with Crippen LogP contribution in [0.15, 0.2) is 22.8 Å². The van der Waals surface area contributed by atoms with Crippen LogP contribution < -0.4 is 5.32 Å². The van der Waals surface area contributed by atoms with Gasteiger partial charge in [-0.3, -0.25) is 0 Å². The van der Waals surface area contributed by atoms with Gasteiger partial charge in [0.05, 0.1) is 12.4 Å². The van der Waals surface area contributed by atoms with E-state index in [0.29, 0.717) is 25.4 Å². The molecule has 0 aliphatic carbocycles. The topological polar surface area (TPSA) is 87.0 Å². The Hall–Kier alpha value is -2.02. The first-order chi connectivity index (χ1) is 14.0. The predicted octanol–water partition coefficient (Wildman–Crippen LogP) is 4.49. The number of hydrogen-bond acceptors (Lipinski definition) is 6. The minimum absolute atomic E-state index is 0.137. The molecule has 1 aliphatic heterocycles. The molecule has 0 bridgehead atoms. The van der Waals surface area contributed by atoms with Crippen LogP contribution in [0.3, 0.4) is 0 Å². The highest BCUT2D eigenvalue weighted by atomic mass is 16.6. The first kappa shape index (κ1) is 24.3. The SMILES string of the molecule is CC(C)CO[C@@H]1[C@@H](Cc2ccco2)CCC[C@H](NC(=O)OC(C)(C)C)C(=O)O[C@H]1C. The number of carbonyl (C=O) groups is 2. The second kappa shape index (κ2) is 10.8. The normalized spacial score (nSPS) is 25.8. The molecule has 1 amide bonds. The first-order valence-electron chi connectivity index (χ1n) is 10.9. The minimum Gasteiger partial charge on any atom is -0.469 e. The third-order valence-corrected chi connectivity index (χ3v) is 4.94. The lowest BCUT2D eigenvalue weighted by Crippen LogP contribution is -2.46. The van der Waals surface area contributed by atoms with Gasteiger partial charge in [0.25, 0.3) is 0 Å². The lowest BCUT2D eigenvalue weighted by Gasteiger charge is -2.31. The molecule has 1 aromatic heterocycles. The van der Waals surface area contributed by atoms with Crippen LogP contribution in [-0.4, -0.2) is 42.5 Å². The summed E-state index contributed by atoms with van der Waals surface area (Å²) in [6, 6.07) is 3.09. The summed E-state index contributed by atoms with van der Waals surface area (Å²) < 4.78 is 22.8. The van der Waals surface area contributed by atoms with Crippen LogP contribution in [0.5, 0.6) is 0 Å². The molecule has 0 aromatic carbocycles. The molecule has 1 N–H and O–H groups in total. The quantitative estimate of drug-likeness (QED) is 0.679. The molecule has 1 aromatic rings. The molecule has 0 saturated carbocycles. The number of hydrogen-bond donors (Lipinski definition) is 1. The Labute approximate surface area is 179 Å². The van der Waals surface area contributed by atoms with Gasteiger partial charge in [0, 0.05) is 13.0 Å². The molecule has 0 unspecified atom stereocenters. The average molecular weight is 424 g/mol. The molecule has 30 heavy (non-hydrogen) atoms. The zero-order chi connectivity index (χ0) is 22.3. The summed E-state index contributed by atoms with van der Waals surface area (Å²) in [5, 5.41) is 2.67. The number of rotatable bonds is 6. The van der Waals surface area contributed by atoms with Crippen LogP contribution >= 0.6 is 0 Å². The molecule has 4 atom stereocenters. The molecule has 2 heterocycles. The van der Waals surface area contributed by atoms with Gasteiger partial charge in [0.15, 0.2) is 0 Å². The summed E-state index contributed by atoms with van der Waals surface area (Å²) in [4.78, 5) is 24.9. The first-order valence-corrected chi connectivity index (χ1v) is 10.9. The van der Waals surface area contributed by atoms with Crippen molar-refractivity contribution in [2.75, 3.05) is 6.61 Å². The number of esters is 1. The Morgan fingerprint density at radius 3 is 2.63 bits per heavy atom. The maximum Gasteiger partial charge on any atom is 0.408 e. The molecular formula is C23H37NO6. The van der Waals surface area contributed by atoms with E-state index in [1.54, 1.807) is 27.0 Å².